The Labute approximate surface area is 167 Å². The molecule has 3 aromatic rings. The minimum atomic E-state index is -0.331. The smallest absolute Gasteiger partial charge is 0.161 e. The fourth-order valence-electron chi connectivity index (χ4n) is 3.38. The van der Waals surface area contributed by atoms with Crippen LogP contribution in [0.25, 0.3) is 22.3 Å². The molecule has 1 aromatic carbocycles. The SMILES string of the molecule is O[C@H]1CCCN[C@@H]1/C=C/Cn1cnc2c(Cl)c(-c3cccc(Cl)c3)cnc21. The first-order chi connectivity index (χ1) is 13.1. The van der Waals surface area contributed by atoms with Crippen LogP contribution in [0.5, 0.6) is 0 Å². The van der Waals surface area contributed by atoms with Crippen LogP contribution >= 0.6 is 23.2 Å². The lowest BCUT2D eigenvalue weighted by Gasteiger charge is -2.26. The molecule has 0 radical (unpaired) electrons. The standard InChI is InChI=1S/C20H20Cl2N4O/c21-14-5-1-4-13(10-14)15-11-24-20-19(18(15)22)25-12-26(20)9-3-6-16-17(27)7-2-8-23-16/h1,3-6,10-12,16-17,23,27H,2,7-9H2/b6-3+/t16-,17+/m1/s1. The molecule has 2 aromatic heterocycles. The third-order valence-electron chi connectivity index (χ3n) is 4.82. The van der Waals surface area contributed by atoms with E-state index in [1.54, 1.807) is 12.5 Å². The molecule has 5 nitrogen and oxygen atoms in total. The lowest BCUT2D eigenvalue weighted by molar-refractivity contribution is 0.115. The fraction of sp³-hybridized carbons (Fsp3) is 0.300. The maximum atomic E-state index is 10.0. The minimum Gasteiger partial charge on any atom is -0.391 e. The number of pyridine rings is 1. The largest absolute Gasteiger partial charge is 0.391 e. The normalized spacial score (nSPS) is 20.6. The van der Waals surface area contributed by atoms with E-state index in [4.69, 9.17) is 23.2 Å². The van der Waals surface area contributed by atoms with Crippen molar-refractivity contribution in [3.63, 3.8) is 0 Å². The van der Waals surface area contributed by atoms with E-state index in [-0.39, 0.29) is 12.1 Å². The van der Waals surface area contributed by atoms with Gasteiger partial charge in [-0.15, -0.1) is 0 Å². The number of nitrogens with zero attached hydrogens (tertiary/aromatic N) is 3. The van der Waals surface area contributed by atoms with Gasteiger partial charge < -0.3 is 15.0 Å². The number of hydrogen-bond donors (Lipinski definition) is 2. The van der Waals surface area contributed by atoms with Crippen LogP contribution < -0.4 is 5.32 Å². The van der Waals surface area contributed by atoms with Gasteiger partial charge in [-0.25, -0.2) is 9.97 Å². The van der Waals surface area contributed by atoms with Crippen LogP contribution in [0.15, 0.2) is 48.9 Å². The first-order valence-electron chi connectivity index (χ1n) is 8.97. The van der Waals surface area contributed by atoms with E-state index in [2.05, 4.69) is 15.3 Å². The average molecular weight is 403 g/mol. The van der Waals surface area contributed by atoms with Crippen LogP contribution in [0.1, 0.15) is 12.8 Å². The van der Waals surface area contributed by atoms with Crippen molar-refractivity contribution in [3.05, 3.63) is 59.0 Å². The Morgan fingerprint density at radius 3 is 3.00 bits per heavy atom. The van der Waals surface area contributed by atoms with Crippen LogP contribution in [-0.4, -0.2) is 38.3 Å². The second-order valence-electron chi connectivity index (χ2n) is 6.68. The van der Waals surface area contributed by atoms with Gasteiger partial charge in [-0.1, -0.05) is 47.5 Å². The Hall–Kier alpha value is -1.92. The van der Waals surface area contributed by atoms with E-state index in [0.29, 0.717) is 22.1 Å². The molecule has 0 unspecified atom stereocenters. The fourth-order valence-corrected chi connectivity index (χ4v) is 3.86. The summed E-state index contributed by atoms with van der Waals surface area (Å²) in [6.07, 6.45) is 9.03. The topological polar surface area (TPSA) is 63.0 Å². The van der Waals surface area contributed by atoms with Crippen LogP contribution in [0, 0.1) is 0 Å². The number of aromatic nitrogens is 3. The number of aliphatic hydroxyl groups is 1. The van der Waals surface area contributed by atoms with Gasteiger partial charge in [0.1, 0.15) is 5.52 Å². The highest BCUT2D eigenvalue weighted by Crippen LogP contribution is 2.33. The third kappa shape index (κ3) is 3.87. The number of halogens is 2. The first-order valence-corrected chi connectivity index (χ1v) is 9.72. The molecule has 1 aliphatic rings. The molecule has 0 saturated carbocycles. The summed E-state index contributed by atoms with van der Waals surface area (Å²) in [6.45, 7) is 1.55. The van der Waals surface area contributed by atoms with Crippen molar-refractivity contribution in [2.75, 3.05) is 6.54 Å². The number of benzene rings is 1. The molecule has 3 heterocycles. The molecule has 0 bridgehead atoms. The van der Waals surface area contributed by atoms with Crippen molar-refractivity contribution in [2.24, 2.45) is 0 Å². The molecule has 0 spiro atoms. The molecule has 2 N–H and O–H groups in total. The molecule has 1 saturated heterocycles. The zero-order valence-corrected chi connectivity index (χ0v) is 16.2. The summed E-state index contributed by atoms with van der Waals surface area (Å²) in [7, 11) is 0. The molecule has 140 valence electrons. The molecule has 1 aliphatic heterocycles. The number of piperidine rings is 1. The molecule has 0 amide bonds. The van der Waals surface area contributed by atoms with Gasteiger partial charge >= 0.3 is 0 Å². The molecular formula is C20H20Cl2N4O. The van der Waals surface area contributed by atoms with Crippen molar-refractivity contribution in [2.45, 2.75) is 31.5 Å². The lowest BCUT2D eigenvalue weighted by atomic mass is 10.0. The summed E-state index contributed by atoms with van der Waals surface area (Å²) in [5, 5.41) is 14.6. The predicted octanol–water partition coefficient (Wildman–Crippen LogP) is 4.07. The number of nitrogens with one attached hydrogen (secondary N) is 1. The zero-order chi connectivity index (χ0) is 18.8. The molecular weight excluding hydrogens is 383 g/mol. The van der Waals surface area contributed by atoms with Crippen LogP contribution in [0.3, 0.4) is 0 Å². The van der Waals surface area contributed by atoms with Crippen LogP contribution in [0.4, 0.5) is 0 Å². The molecule has 2 atom stereocenters. The van der Waals surface area contributed by atoms with Gasteiger partial charge in [-0.3, -0.25) is 0 Å². The number of aliphatic hydroxyl groups excluding tert-OH is 1. The third-order valence-corrected chi connectivity index (χ3v) is 5.44. The summed E-state index contributed by atoms with van der Waals surface area (Å²) in [5.74, 6) is 0. The molecule has 27 heavy (non-hydrogen) atoms. The minimum absolute atomic E-state index is 0.000450. The second-order valence-corrected chi connectivity index (χ2v) is 7.50. The Balaban J connectivity index is 1.58. The number of hydrogen-bond acceptors (Lipinski definition) is 4. The van der Waals surface area contributed by atoms with Crippen molar-refractivity contribution in [1.29, 1.82) is 0 Å². The monoisotopic (exact) mass is 402 g/mol. The van der Waals surface area contributed by atoms with Crippen LogP contribution in [0.2, 0.25) is 10.0 Å². The number of imidazole rings is 1. The highest BCUT2D eigenvalue weighted by molar-refractivity contribution is 6.37. The van der Waals surface area contributed by atoms with Gasteiger partial charge in [0.05, 0.1) is 23.5 Å². The quantitative estimate of drug-likeness (QED) is 0.645. The van der Waals surface area contributed by atoms with E-state index in [0.717, 1.165) is 36.2 Å². The lowest BCUT2D eigenvalue weighted by Crippen LogP contribution is -2.43. The average Bonchev–Trinajstić information content (AvgIpc) is 3.08. The van der Waals surface area contributed by atoms with E-state index >= 15 is 0 Å². The number of fused-ring (bicyclic) bond motifs is 1. The number of allylic oxidation sites excluding steroid dienone is 1. The number of rotatable bonds is 4. The van der Waals surface area contributed by atoms with Crippen LogP contribution in [-0.2, 0) is 6.54 Å². The Morgan fingerprint density at radius 1 is 1.30 bits per heavy atom. The second kappa shape index (κ2) is 7.98. The van der Waals surface area contributed by atoms with Gasteiger partial charge in [-0.2, -0.15) is 0 Å². The van der Waals surface area contributed by atoms with Gasteiger partial charge in [0.15, 0.2) is 5.65 Å². The Morgan fingerprint density at radius 2 is 2.19 bits per heavy atom. The molecule has 1 fully saturated rings. The summed E-state index contributed by atoms with van der Waals surface area (Å²) in [4.78, 5) is 9.01. The van der Waals surface area contributed by atoms with Gasteiger partial charge in [-0.05, 0) is 37.1 Å². The Bertz CT molecular complexity index is 985. The van der Waals surface area contributed by atoms with Gasteiger partial charge in [0, 0.05) is 23.3 Å². The maximum absolute atomic E-state index is 10.0. The van der Waals surface area contributed by atoms with E-state index in [9.17, 15) is 5.11 Å². The van der Waals surface area contributed by atoms with E-state index in [1.807, 2.05) is 41.0 Å². The van der Waals surface area contributed by atoms with Crippen molar-refractivity contribution < 1.29 is 5.11 Å². The first kappa shape index (κ1) is 18.4. The van der Waals surface area contributed by atoms with E-state index < -0.39 is 0 Å². The van der Waals surface area contributed by atoms with E-state index in [1.165, 1.54) is 0 Å². The van der Waals surface area contributed by atoms with Gasteiger partial charge in [0.2, 0.25) is 0 Å². The maximum Gasteiger partial charge on any atom is 0.161 e. The highest BCUT2D eigenvalue weighted by atomic mass is 35.5. The summed E-state index contributed by atoms with van der Waals surface area (Å²) >= 11 is 12.7. The summed E-state index contributed by atoms with van der Waals surface area (Å²) < 4.78 is 1.94. The van der Waals surface area contributed by atoms with Crippen molar-refractivity contribution in [1.82, 2.24) is 19.9 Å². The predicted molar refractivity (Wildman–Crippen MR) is 109 cm³/mol. The highest BCUT2D eigenvalue weighted by Gasteiger charge is 2.19. The Kier molecular flexibility index (Phi) is 5.45. The summed E-state index contributed by atoms with van der Waals surface area (Å²) in [5.41, 5.74) is 3.11. The molecule has 0 aliphatic carbocycles. The van der Waals surface area contributed by atoms with Gasteiger partial charge in [0.25, 0.3) is 0 Å². The van der Waals surface area contributed by atoms with Crippen molar-refractivity contribution in [3.8, 4) is 11.1 Å². The summed E-state index contributed by atoms with van der Waals surface area (Å²) in [6, 6.07) is 7.51. The molecule has 4 rings (SSSR count). The molecule has 7 heteroatoms. The zero-order valence-electron chi connectivity index (χ0n) is 14.6. The van der Waals surface area contributed by atoms with Crippen molar-refractivity contribution >= 4 is 34.4 Å².